The molecule has 0 aromatic heterocycles. The highest BCUT2D eigenvalue weighted by atomic mass is 35.5. The fourth-order valence-corrected chi connectivity index (χ4v) is 4.31. The predicted octanol–water partition coefficient (Wildman–Crippen LogP) is 5.50. The molecule has 9 heteroatoms. The van der Waals surface area contributed by atoms with Gasteiger partial charge < -0.3 is 14.8 Å². The van der Waals surface area contributed by atoms with Crippen molar-refractivity contribution in [1.82, 2.24) is 0 Å². The molecule has 3 aromatic rings. The van der Waals surface area contributed by atoms with Crippen LogP contribution in [0.25, 0.3) is 0 Å². The molecule has 0 saturated carbocycles. The van der Waals surface area contributed by atoms with Gasteiger partial charge in [0.15, 0.2) is 11.5 Å². The average molecular weight is 489 g/mol. The highest BCUT2D eigenvalue weighted by Gasteiger charge is 2.17. The number of hydrogen-bond acceptors (Lipinski definition) is 5. The second kappa shape index (κ2) is 10.6. The van der Waals surface area contributed by atoms with Crippen LogP contribution in [0.5, 0.6) is 11.5 Å². The summed E-state index contributed by atoms with van der Waals surface area (Å²) in [5.74, 6) is 0.686. The van der Waals surface area contributed by atoms with E-state index in [-0.39, 0.29) is 10.8 Å². The molecule has 0 aliphatic heterocycles. The minimum absolute atomic E-state index is 0.0552. The number of ether oxygens (including phenoxy) is 2. The molecule has 0 fully saturated rings. The Labute approximate surface area is 198 Å². The molecule has 0 atom stereocenters. The molecular weight excluding hydrogens is 464 g/mol. The minimum Gasteiger partial charge on any atom is -0.490 e. The number of nitrogens with one attached hydrogen (secondary N) is 2. The number of carbonyl (C=O) groups is 1. The first-order valence-corrected chi connectivity index (χ1v) is 12.2. The molecule has 174 valence electrons. The number of halogens is 1. The maximum absolute atomic E-state index is 12.7. The number of aryl methyl sites for hydroxylation is 1. The summed E-state index contributed by atoms with van der Waals surface area (Å²) in [6.07, 6.45) is 0. The Morgan fingerprint density at radius 3 is 2.24 bits per heavy atom. The zero-order valence-electron chi connectivity index (χ0n) is 18.5. The first-order chi connectivity index (χ1) is 15.7. The first kappa shape index (κ1) is 24.4. The molecule has 7 nitrogen and oxygen atoms in total. The molecule has 0 saturated heterocycles. The van der Waals surface area contributed by atoms with Crippen molar-refractivity contribution in [1.29, 1.82) is 0 Å². The van der Waals surface area contributed by atoms with E-state index in [2.05, 4.69) is 10.0 Å². The van der Waals surface area contributed by atoms with Gasteiger partial charge in [-0.05, 0) is 80.9 Å². The van der Waals surface area contributed by atoms with Crippen molar-refractivity contribution in [3.05, 3.63) is 76.8 Å². The van der Waals surface area contributed by atoms with Crippen LogP contribution in [0.3, 0.4) is 0 Å². The van der Waals surface area contributed by atoms with Crippen LogP contribution in [0.15, 0.2) is 65.6 Å². The number of hydrogen-bond donors (Lipinski definition) is 2. The lowest BCUT2D eigenvalue weighted by molar-refractivity contribution is 0.102. The standard InChI is InChI=1S/C24H25ClN2O5S/c1-4-31-22-13-7-17(14-23(22)32-5-2)24(28)26-19-9-11-20(12-10-19)33(29,30)27-21-15-18(25)8-6-16(21)3/h6-15,27H,4-5H2,1-3H3,(H,26,28). The van der Waals surface area contributed by atoms with Gasteiger partial charge in [-0.3, -0.25) is 9.52 Å². The van der Waals surface area contributed by atoms with E-state index in [1.54, 1.807) is 43.3 Å². The van der Waals surface area contributed by atoms with Crippen LogP contribution in [0.1, 0.15) is 29.8 Å². The molecule has 3 rings (SSSR count). The Bertz CT molecular complexity index is 1240. The van der Waals surface area contributed by atoms with E-state index in [4.69, 9.17) is 21.1 Å². The van der Waals surface area contributed by atoms with Crippen molar-refractivity contribution in [2.24, 2.45) is 0 Å². The molecule has 33 heavy (non-hydrogen) atoms. The lowest BCUT2D eigenvalue weighted by atomic mass is 10.2. The monoisotopic (exact) mass is 488 g/mol. The van der Waals surface area contributed by atoms with Gasteiger partial charge in [0, 0.05) is 16.3 Å². The fourth-order valence-electron chi connectivity index (χ4n) is 3.02. The average Bonchev–Trinajstić information content (AvgIpc) is 2.78. The lowest BCUT2D eigenvalue weighted by Gasteiger charge is -2.13. The van der Waals surface area contributed by atoms with Crippen molar-refractivity contribution in [2.75, 3.05) is 23.3 Å². The van der Waals surface area contributed by atoms with Crippen molar-refractivity contribution >= 4 is 38.9 Å². The summed E-state index contributed by atoms with van der Waals surface area (Å²) in [4.78, 5) is 12.7. The van der Waals surface area contributed by atoms with Gasteiger partial charge in [0.05, 0.1) is 23.8 Å². The second-order valence-corrected chi connectivity index (χ2v) is 9.19. The molecule has 0 aliphatic carbocycles. The van der Waals surface area contributed by atoms with Gasteiger partial charge in [-0.1, -0.05) is 17.7 Å². The normalized spacial score (nSPS) is 11.0. The first-order valence-electron chi connectivity index (χ1n) is 10.3. The van der Waals surface area contributed by atoms with Crippen LogP contribution < -0.4 is 19.5 Å². The quantitative estimate of drug-likeness (QED) is 0.415. The highest BCUT2D eigenvalue weighted by Crippen LogP contribution is 2.29. The van der Waals surface area contributed by atoms with Crippen molar-refractivity contribution in [3.63, 3.8) is 0 Å². The minimum atomic E-state index is -3.82. The molecular formula is C24H25ClN2O5S. The van der Waals surface area contributed by atoms with Gasteiger partial charge in [-0.2, -0.15) is 0 Å². The van der Waals surface area contributed by atoms with Gasteiger partial charge >= 0.3 is 0 Å². The van der Waals surface area contributed by atoms with E-state index >= 15 is 0 Å². The topological polar surface area (TPSA) is 93.7 Å². The maximum Gasteiger partial charge on any atom is 0.261 e. The Kier molecular flexibility index (Phi) is 7.84. The Hall–Kier alpha value is -3.23. The summed E-state index contributed by atoms with van der Waals surface area (Å²) in [5.41, 5.74) is 1.98. The molecule has 0 radical (unpaired) electrons. The molecule has 0 aliphatic rings. The van der Waals surface area contributed by atoms with Gasteiger partial charge in [-0.15, -0.1) is 0 Å². The lowest BCUT2D eigenvalue weighted by Crippen LogP contribution is -2.15. The third-order valence-corrected chi connectivity index (χ3v) is 6.29. The third kappa shape index (κ3) is 6.18. The number of rotatable bonds is 9. The summed E-state index contributed by atoms with van der Waals surface area (Å²) in [6.45, 7) is 6.41. The van der Waals surface area contributed by atoms with Gasteiger partial charge in [0.2, 0.25) is 0 Å². The van der Waals surface area contributed by atoms with Crippen molar-refractivity contribution < 1.29 is 22.7 Å². The number of sulfonamides is 1. The molecule has 3 aromatic carbocycles. The van der Waals surface area contributed by atoms with E-state index in [1.807, 2.05) is 13.8 Å². The number of amides is 1. The molecule has 1 amide bonds. The molecule has 0 unspecified atom stereocenters. The van der Waals surface area contributed by atoms with Crippen LogP contribution in [0, 0.1) is 6.92 Å². The van der Waals surface area contributed by atoms with Gasteiger partial charge in [0.1, 0.15) is 0 Å². The fraction of sp³-hybridized carbons (Fsp3) is 0.208. The van der Waals surface area contributed by atoms with Gasteiger partial charge in [-0.25, -0.2) is 8.42 Å². The smallest absolute Gasteiger partial charge is 0.261 e. The summed E-state index contributed by atoms with van der Waals surface area (Å²) < 4.78 is 39.1. The van der Waals surface area contributed by atoms with E-state index < -0.39 is 10.0 Å². The molecule has 0 spiro atoms. The van der Waals surface area contributed by atoms with Crippen LogP contribution >= 0.6 is 11.6 Å². The Balaban J connectivity index is 1.74. The predicted molar refractivity (Wildman–Crippen MR) is 130 cm³/mol. The Morgan fingerprint density at radius 2 is 1.58 bits per heavy atom. The summed E-state index contributed by atoms with van der Waals surface area (Å²) in [6, 6.07) is 15.8. The largest absolute Gasteiger partial charge is 0.490 e. The van der Waals surface area contributed by atoms with Gasteiger partial charge in [0.25, 0.3) is 15.9 Å². The van der Waals surface area contributed by atoms with Crippen LogP contribution in [-0.2, 0) is 10.0 Å². The summed E-state index contributed by atoms with van der Waals surface area (Å²) in [7, 11) is -3.82. The van der Waals surface area contributed by atoms with Crippen LogP contribution in [0.2, 0.25) is 5.02 Å². The SMILES string of the molecule is CCOc1ccc(C(=O)Nc2ccc(S(=O)(=O)Nc3cc(Cl)ccc3C)cc2)cc1OCC. The van der Waals surface area contributed by atoms with Crippen LogP contribution in [-0.4, -0.2) is 27.5 Å². The van der Waals surface area contributed by atoms with Crippen molar-refractivity contribution in [2.45, 2.75) is 25.7 Å². The third-order valence-electron chi connectivity index (χ3n) is 4.67. The Morgan fingerprint density at radius 1 is 0.909 bits per heavy atom. The van der Waals surface area contributed by atoms with E-state index in [9.17, 15) is 13.2 Å². The zero-order valence-corrected chi connectivity index (χ0v) is 20.1. The second-order valence-electron chi connectivity index (χ2n) is 7.07. The van der Waals surface area contributed by atoms with E-state index in [0.29, 0.717) is 46.7 Å². The molecule has 0 heterocycles. The van der Waals surface area contributed by atoms with Crippen LogP contribution in [0.4, 0.5) is 11.4 Å². The zero-order chi connectivity index (χ0) is 24.0. The number of benzene rings is 3. The molecule has 0 bridgehead atoms. The number of anilines is 2. The summed E-state index contributed by atoms with van der Waals surface area (Å²) in [5, 5.41) is 3.18. The highest BCUT2D eigenvalue weighted by molar-refractivity contribution is 7.92. The van der Waals surface area contributed by atoms with E-state index in [1.165, 1.54) is 24.3 Å². The van der Waals surface area contributed by atoms with E-state index in [0.717, 1.165) is 5.56 Å². The summed E-state index contributed by atoms with van der Waals surface area (Å²) >= 11 is 5.97. The maximum atomic E-state index is 12.7. The van der Waals surface area contributed by atoms with Crippen molar-refractivity contribution in [3.8, 4) is 11.5 Å². The number of carbonyl (C=O) groups excluding carboxylic acids is 1. The molecule has 2 N–H and O–H groups in total.